The maximum atomic E-state index is 12.1. The molecule has 0 aliphatic carbocycles. The number of pyridine rings is 1. The predicted octanol–water partition coefficient (Wildman–Crippen LogP) is 0.666. The van der Waals surface area contributed by atoms with Crippen molar-refractivity contribution in [2.75, 3.05) is 10.0 Å². The third-order valence-corrected chi connectivity index (χ3v) is 3.83. The third-order valence-electron chi connectivity index (χ3n) is 2.45. The Kier molecular flexibility index (Phi) is 3.94. The molecule has 2 aromatic rings. The maximum absolute atomic E-state index is 12.1. The third kappa shape index (κ3) is 3.83. The molecule has 0 aliphatic rings. The Bertz CT molecular complexity index is 809. The first kappa shape index (κ1) is 14.6. The Morgan fingerprint density at radius 2 is 1.86 bits per heavy atom. The van der Waals surface area contributed by atoms with Gasteiger partial charge in [-0.25, -0.2) is 13.2 Å². The summed E-state index contributed by atoms with van der Waals surface area (Å²) < 4.78 is 26.5. The van der Waals surface area contributed by atoms with Gasteiger partial charge in [-0.15, -0.1) is 0 Å². The monoisotopic (exact) mass is 308 g/mol. The van der Waals surface area contributed by atoms with E-state index in [-0.39, 0.29) is 10.6 Å². The normalized spacial score (nSPS) is 10.9. The van der Waals surface area contributed by atoms with E-state index in [0.29, 0.717) is 5.69 Å². The zero-order chi connectivity index (χ0) is 15.5. The zero-order valence-corrected chi connectivity index (χ0v) is 11.5. The number of primary amides is 1. The molecule has 0 radical (unpaired) electrons. The van der Waals surface area contributed by atoms with Crippen LogP contribution in [0.4, 0.5) is 16.2 Å². The summed E-state index contributed by atoms with van der Waals surface area (Å²) in [6.45, 7) is 0. The van der Waals surface area contributed by atoms with Crippen molar-refractivity contribution in [2.45, 2.75) is 4.90 Å². The fraction of sp³-hybridized carbons (Fsp3) is 0. The van der Waals surface area contributed by atoms with Gasteiger partial charge in [0.15, 0.2) is 0 Å². The van der Waals surface area contributed by atoms with Gasteiger partial charge in [-0.2, -0.15) is 0 Å². The van der Waals surface area contributed by atoms with E-state index in [1.165, 1.54) is 18.2 Å². The van der Waals surface area contributed by atoms with Crippen LogP contribution < -0.4 is 21.3 Å². The lowest BCUT2D eigenvalue weighted by Crippen LogP contribution is -2.19. The van der Waals surface area contributed by atoms with Gasteiger partial charge in [-0.1, -0.05) is 6.07 Å². The van der Waals surface area contributed by atoms with Crippen molar-refractivity contribution in [1.29, 1.82) is 0 Å². The highest BCUT2D eigenvalue weighted by Gasteiger charge is 2.14. The average molecular weight is 308 g/mol. The van der Waals surface area contributed by atoms with Crippen LogP contribution in [0.1, 0.15) is 0 Å². The summed E-state index contributed by atoms with van der Waals surface area (Å²) in [6.07, 6.45) is 1.09. The van der Waals surface area contributed by atoms with Gasteiger partial charge >= 0.3 is 6.03 Å². The van der Waals surface area contributed by atoms with E-state index >= 15 is 0 Å². The summed E-state index contributed by atoms with van der Waals surface area (Å²) in [5, 5.41) is 2.33. The lowest BCUT2D eigenvalue weighted by molar-refractivity contribution is 0.259. The molecule has 5 N–H and O–H groups in total. The van der Waals surface area contributed by atoms with E-state index in [0.717, 1.165) is 12.3 Å². The Hall–Kier alpha value is -2.81. The molecule has 0 saturated carbocycles. The summed E-state index contributed by atoms with van der Waals surface area (Å²) in [5.74, 6) is 0. The number of hydrogen-bond acceptors (Lipinski definition) is 4. The summed E-state index contributed by atoms with van der Waals surface area (Å²) in [7, 11) is -3.84. The number of hydrogen-bond donors (Lipinski definition) is 4. The molecule has 2 amide bonds. The number of H-pyrrole nitrogens is 1. The van der Waals surface area contributed by atoms with Crippen LogP contribution in [0.15, 0.2) is 52.3 Å². The molecular weight excluding hydrogens is 296 g/mol. The number of rotatable bonds is 4. The van der Waals surface area contributed by atoms with Crippen LogP contribution in [0.2, 0.25) is 0 Å². The number of anilines is 2. The molecular formula is C12H12N4O4S. The second-order valence-corrected chi connectivity index (χ2v) is 5.75. The van der Waals surface area contributed by atoms with Crippen molar-refractivity contribution in [1.82, 2.24) is 4.98 Å². The first-order valence-electron chi connectivity index (χ1n) is 5.75. The highest BCUT2D eigenvalue weighted by atomic mass is 32.2. The van der Waals surface area contributed by atoms with Crippen LogP contribution >= 0.6 is 0 Å². The fourth-order valence-corrected chi connectivity index (χ4v) is 2.60. The van der Waals surface area contributed by atoms with Crippen LogP contribution in [0.3, 0.4) is 0 Å². The molecule has 2 rings (SSSR count). The van der Waals surface area contributed by atoms with Crippen LogP contribution in [-0.2, 0) is 10.0 Å². The number of benzene rings is 1. The lowest BCUT2D eigenvalue weighted by atomic mass is 10.3. The van der Waals surface area contributed by atoms with Gasteiger partial charge in [-0.05, 0) is 24.3 Å². The first-order valence-corrected chi connectivity index (χ1v) is 7.23. The van der Waals surface area contributed by atoms with E-state index in [4.69, 9.17) is 5.73 Å². The molecule has 0 atom stereocenters. The SMILES string of the molecule is NC(=O)Nc1cccc(NS(=O)(=O)c2ccc(=O)[nH]c2)c1. The number of aromatic amines is 1. The van der Waals surface area contributed by atoms with Gasteiger partial charge in [-0.3, -0.25) is 9.52 Å². The minimum absolute atomic E-state index is 0.0876. The maximum Gasteiger partial charge on any atom is 0.316 e. The van der Waals surface area contributed by atoms with Crippen molar-refractivity contribution in [2.24, 2.45) is 5.73 Å². The van der Waals surface area contributed by atoms with Gasteiger partial charge in [0.25, 0.3) is 10.0 Å². The molecule has 110 valence electrons. The number of urea groups is 1. The molecule has 0 unspecified atom stereocenters. The van der Waals surface area contributed by atoms with Gasteiger partial charge in [0.2, 0.25) is 5.56 Å². The molecule has 9 heteroatoms. The Morgan fingerprint density at radius 1 is 1.14 bits per heavy atom. The van der Waals surface area contributed by atoms with Gasteiger partial charge in [0.1, 0.15) is 4.90 Å². The predicted molar refractivity (Wildman–Crippen MR) is 77.5 cm³/mol. The number of nitrogens with two attached hydrogens (primary N) is 1. The van der Waals surface area contributed by atoms with Gasteiger partial charge in [0, 0.05) is 18.0 Å². The molecule has 1 aromatic carbocycles. The Balaban J connectivity index is 2.26. The quantitative estimate of drug-likeness (QED) is 0.660. The molecule has 1 aromatic heterocycles. The second-order valence-electron chi connectivity index (χ2n) is 4.06. The van der Waals surface area contributed by atoms with Crippen molar-refractivity contribution < 1.29 is 13.2 Å². The fourth-order valence-electron chi connectivity index (χ4n) is 1.58. The van der Waals surface area contributed by atoms with Gasteiger partial charge < -0.3 is 16.0 Å². The van der Waals surface area contributed by atoms with Gasteiger partial charge in [0.05, 0.1) is 5.69 Å². The average Bonchev–Trinajstić information content (AvgIpc) is 2.38. The standard InChI is InChI=1S/C12H12N4O4S/c13-12(18)15-8-2-1-3-9(6-8)16-21(19,20)10-4-5-11(17)14-7-10/h1-7,16H,(H,14,17)(H3,13,15,18). The minimum Gasteiger partial charge on any atom is -0.351 e. The number of aromatic nitrogens is 1. The van der Waals surface area contributed by atoms with E-state index < -0.39 is 21.6 Å². The van der Waals surface area contributed by atoms with Crippen LogP contribution in [0.25, 0.3) is 0 Å². The molecule has 0 aliphatic heterocycles. The number of nitrogens with one attached hydrogen (secondary N) is 3. The van der Waals surface area contributed by atoms with Crippen molar-refractivity contribution in [3.8, 4) is 0 Å². The topological polar surface area (TPSA) is 134 Å². The highest BCUT2D eigenvalue weighted by Crippen LogP contribution is 2.18. The summed E-state index contributed by atoms with van der Waals surface area (Å²) in [4.78, 5) is 23.9. The molecule has 0 saturated heterocycles. The van der Waals surface area contributed by atoms with E-state index in [2.05, 4.69) is 15.0 Å². The van der Waals surface area contributed by atoms with Crippen LogP contribution in [0.5, 0.6) is 0 Å². The Labute approximate surface area is 120 Å². The van der Waals surface area contributed by atoms with E-state index in [9.17, 15) is 18.0 Å². The number of amides is 2. The molecule has 0 bridgehead atoms. The number of carbonyl (C=O) groups excluding carboxylic acids is 1. The van der Waals surface area contributed by atoms with Crippen molar-refractivity contribution in [3.63, 3.8) is 0 Å². The smallest absolute Gasteiger partial charge is 0.316 e. The lowest BCUT2D eigenvalue weighted by Gasteiger charge is -2.09. The zero-order valence-electron chi connectivity index (χ0n) is 10.7. The molecule has 0 spiro atoms. The van der Waals surface area contributed by atoms with Crippen molar-refractivity contribution >= 4 is 27.4 Å². The number of sulfonamides is 1. The molecule has 1 heterocycles. The van der Waals surface area contributed by atoms with Crippen molar-refractivity contribution in [3.05, 3.63) is 52.9 Å². The summed E-state index contributed by atoms with van der Waals surface area (Å²) in [6, 6.07) is 7.57. The largest absolute Gasteiger partial charge is 0.351 e. The van der Waals surface area contributed by atoms with E-state index in [1.807, 2.05) is 0 Å². The highest BCUT2D eigenvalue weighted by molar-refractivity contribution is 7.92. The second kappa shape index (κ2) is 5.67. The molecule has 8 nitrogen and oxygen atoms in total. The van der Waals surface area contributed by atoms with Crippen LogP contribution in [-0.4, -0.2) is 19.4 Å². The van der Waals surface area contributed by atoms with Crippen LogP contribution in [0, 0.1) is 0 Å². The first-order chi connectivity index (χ1) is 9.87. The summed E-state index contributed by atoms with van der Waals surface area (Å²) in [5.41, 5.74) is 5.18. The molecule has 21 heavy (non-hydrogen) atoms. The summed E-state index contributed by atoms with van der Waals surface area (Å²) >= 11 is 0. The number of carbonyl (C=O) groups is 1. The minimum atomic E-state index is -3.84. The Morgan fingerprint density at radius 3 is 2.48 bits per heavy atom. The molecule has 0 fully saturated rings. The van der Waals surface area contributed by atoms with E-state index in [1.54, 1.807) is 12.1 Å².